The number of carbonyl (C=O) groups is 1. The molecule has 5 heterocycles. The normalized spacial score (nSPS) is 16.3. The summed E-state index contributed by atoms with van der Waals surface area (Å²) < 4.78 is 3.93. The minimum absolute atomic E-state index is 0. The molecule has 1 aliphatic heterocycles. The van der Waals surface area contributed by atoms with Crippen molar-refractivity contribution in [2.75, 3.05) is 52.1 Å². The number of nitrogens with one attached hydrogen (secondary N) is 2. The van der Waals surface area contributed by atoms with Crippen LogP contribution in [-0.2, 0) is 6.54 Å². The van der Waals surface area contributed by atoms with Gasteiger partial charge in [0.15, 0.2) is 5.65 Å². The first-order valence-electron chi connectivity index (χ1n) is 13.8. The Morgan fingerprint density at radius 1 is 1.10 bits per heavy atom. The van der Waals surface area contributed by atoms with E-state index in [9.17, 15) is 4.79 Å². The quantitative estimate of drug-likeness (QED) is 0.363. The van der Waals surface area contributed by atoms with Crippen LogP contribution in [0.25, 0.3) is 27.9 Å². The Morgan fingerprint density at radius 3 is 2.56 bits per heavy atom. The molecule has 0 atom stereocenters. The van der Waals surface area contributed by atoms with Crippen molar-refractivity contribution in [3.8, 4) is 11.3 Å². The standard InChI is InChI=1S/C26H33N9O.C2H6.H2S/c1-27-23-15-22(31-25-20(16-29-35(23)25)26(36)30-18-5-3-6-18)21-17-34(24-19(21)7-4-8-28-24)14-13-33-11-9-32(2)10-12-33;1-2;/h4,7-8,15-18,27H,3,5-6,9-14H2,1-2H3,(H,30,36);1-2H3;1H2. The van der Waals surface area contributed by atoms with Gasteiger partial charge < -0.3 is 20.1 Å². The first-order chi connectivity index (χ1) is 18.6. The number of nitrogens with zero attached hydrogens (tertiary/aromatic N) is 7. The van der Waals surface area contributed by atoms with Crippen LogP contribution < -0.4 is 10.6 Å². The number of hydrogen-bond acceptors (Lipinski definition) is 7. The van der Waals surface area contributed by atoms with Crippen molar-refractivity contribution in [2.45, 2.75) is 45.7 Å². The number of amides is 1. The molecule has 1 amide bonds. The first-order valence-corrected chi connectivity index (χ1v) is 13.8. The van der Waals surface area contributed by atoms with E-state index in [4.69, 9.17) is 9.97 Å². The fourth-order valence-corrected chi connectivity index (χ4v) is 5.07. The molecule has 4 aromatic rings. The number of likely N-dealkylation sites (N-methyl/N-ethyl adjacent to an activating group) is 1. The van der Waals surface area contributed by atoms with Gasteiger partial charge in [0.2, 0.25) is 0 Å². The van der Waals surface area contributed by atoms with Crippen LogP contribution in [0.4, 0.5) is 5.82 Å². The van der Waals surface area contributed by atoms with Crippen LogP contribution in [0, 0.1) is 0 Å². The largest absolute Gasteiger partial charge is 0.373 e. The maximum Gasteiger partial charge on any atom is 0.256 e. The Kier molecular flexibility index (Phi) is 9.47. The van der Waals surface area contributed by atoms with Gasteiger partial charge in [-0.1, -0.05) is 13.8 Å². The summed E-state index contributed by atoms with van der Waals surface area (Å²) in [6.07, 6.45) is 8.84. The summed E-state index contributed by atoms with van der Waals surface area (Å²) in [5.74, 6) is 0.664. The van der Waals surface area contributed by atoms with E-state index in [0.717, 1.165) is 80.2 Å². The second-order valence-corrected chi connectivity index (χ2v) is 9.93. The maximum atomic E-state index is 13.0. The number of hydrogen-bond donors (Lipinski definition) is 2. The number of aromatic nitrogens is 5. The van der Waals surface area contributed by atoms with Crippen molar-refractivity contribution in [2.24, 2.45) is 0 Å². The lowest BCUT2D eigenvalue weighted by Gasteiger charge is -2.32. The van der Waals surface area contributed by atoms with E-state index < -0.39 is 0 Å². The Balaban J connectivity index is 0.00000115. The number of pyridine rings is 1. The number of anilines is 1. The molecule has 2 fully saturated rings. The Bertz CT molecular complexity index is 1400. The van der Waals surface area contributed by atoms with Crippen LogP contribution >= 0.6 is 13.5 Å². The molecule has 0 unspecified atom stereocenters. The molecule has 11 heteroatoms. The summed E-state index contributed by atoms with van der Waals surface area (Å²) in [4.78, 5) is 27.5. The van der Waals surface area contributed by atoms with Crippen LogP contribution in [-0.4, -0.2) is 92.7 Å². The average Bonchev–Trinajstić information content (AvgIpc) is 3.53. The molecule has 10 nitrogen and oxygen atoms in total. The molecule has 0 spiro atoms. The zero-order chi connectivity index (χ0) is 26.6. The highest BCUT2D eigenvalue weighted by atomic mass is 32.1. The molecule has 39 heavy (non-hydrogen) atoms. The molecule has 2 aliphatic rings. The van der Waals surface area contributed by atoms with Gasteiger partial charge in [0.1, 0.15) is 17.0 Å². The maximum absolute atomic E-state index is 13.0. The van der Waals surface area contributed by atoms with E-state index in [-0.39, 0.29) is 25.4 Å². The van der Waals surface area contributed by atoms with Gasteiger partial charge >= 0.3 is 0 Å². The second-order valence-electron chi connectivity index (χ2n) is 9.93. The molecule has 1 saturated heterocycles. The fraction of sp³-hybridized carbons (Fsp3) is 0.500. The molecule has 2 N–H and O–H groups in total. The van der Waals surface area contributed by atoms with Crippen LogP contribution in [0.3, 0.4) is 0 Å². The van der Waals surface area contributed by atoms with Gasteiger partial charge in [-0.3, -0.25) is 9.69 Å². The number of piperazine rings is 1. The van der Waals surface area contributed by atoms with E-state index in [1.807, 2.05) is 39.2 Å². The number of rotatable bonds is 7. The van der Waals surface area contributed by atoms with Crippen LogP contribution in [0.1, 0.15) is 43.5 Å². The van der Waals surface area contributed by atoms with Gasteiger partial charge in [-0.25, -0.2) is 9.97 Å². The number of carbonyl (C=O) groups excluding carboxylic acids is 1. The minimum atomic E-state index is -0.113. The van der Waals surface area contributed by atoms with Gasteiger partial charge in [0.25, 0.3) is 5.91 Å². The van der Waals surface area contributed by atoms with Crippen molar-refractivity contribution >= 4 is 41.9 Å². The van der Waals surface area contributed by atoms with Gasteiger partial charge in [-0.05, 0) is 38.4 Å². The zero-order valence-corrected chi connectivity index (χ0v) is 24.4. The summed E-state index contributed by atoms with van der Waals surface area (Å²) >= 11 is 0. The predicted molar refractivity (Wildman–Crippen MR) is 162 cm³/mol. The number of fused-ring (bicyclic) bond motifs is 2. The van der Waals surface area contributed by atoms with Crippen molar-refractivity contribution in [1.29, 1.82) is 0 Å². The Labute approximate surface area is 237 Å². The first kappa shape index (κ1) is 28.8. The minimum Gasteiger partial charge on any atom is -0.373 e. The van der Waals surface area contributed by atoms with Crippen LogP contribution in [0.15, 0.2) is 36.8 Å². The topological polar surface area (TPSA) is 95.6 Å². The summed E-state index contributed by atoms with van der Waals surface area (Å²) in [6, 6.07) is 6.30. The Morgan fingerprint density at radius 2 is 1.87 bits per heavy atom. The molecular formula is C28H41N9OS. The summed E-state index contributed by atoms with van der Waals surface area (Å²) in [5, 5.41) is 11.8. The average molecular weight is 552 g/mol. The monoisotopic (exact) mass is 551 g/mol. The molecule has 4 aromatic heterocycles. The van der Waals surface area contributed by atoms with E-state index in [1.165, 1.54) is 6.42 Å². The highest BCUT2D eigenvalue weighted by Gasteiger charge is 2.24. The highest BCUT2D eigenvalue weighted by molar-refractivity contribution is 7.59. The summed E-state index contributed by atoms with van der Waals surface area (Å²) in [6.45, 7) is 10.2. The third kappa shape index (κ3) is 5.90. The van der Waals surface area contributed by atoms with Crippen molar-refractivity contribution in [1.82, 2.24) is 39.3 Å². The van der Waals surface area contributed by atoms with Crippen molar-refractivity contribution < 1.29 is 4.79 Å². The Hall–Kier alpha value is -3.15. The lowest BCUT2D eigenvalue weighted by molar-refractivity contribution is 0.0918. The molecule has 6 rings (SSSR count). The molecule has 210 valence electrons. The molecule has 0 aromatic carbocycles. The fourth-order valence-electron chi connectivity index (χ4n) is 5.07. The van der Waals surface area contributed by atoms with Crippen LogP contribution in [0.5, 0.6) is 0 Å². The van der Waals surface area contributed by atoms with Gasteiger partial charge in [0, 0.05) is 81.8 Å². The molecule has 1 saturated carbocycles. The lowest BCUT2D eigenvalue weighted by Crippen LogP contribution is -2.45. The second kappa shape index (κ2) is 12.8. The third-order valence-electron chi connectivity index (χ3n) is 7.58. The van der Waals surface area contributed by atoms with Gasteiger partial charge in [0.05, 0.1) is 11.9 Å². The summed E-state index contributed by atoms with van der Waals surface area (Å²) in [7, 11) is 4.04. The van der Waals surface area contributed by atoms with E-state index >= 15 is 0 Å². The van der Waals surface area contributed by atoms with E-state index in [1.54, 1.807) is 10.7 Å². The van der Waals surface area contributed by atoms with Gasteiger partial charge in [-0.15, -0.1) is 0 Å². The third-order valence-corrected chi connectivity index (χ3v) is 7.58. The van der Waals surface area contributed by atoms with Crippen molar-refractivity contribution in [3.63, 3.8) is 0 Å². The van der Waals surface area contributed by atoms with E-state index in [2.05, 4.69) is 49.4 Å². The zero-order valence-electron chi connectivity index (χ0n) is 23.4. The van der Waals surface area contributed by atoms with Crippen molar-refractivity contribution in [3.05, 3.63) is 42.4 Å². The van der Waals surface area contributed by atoms with Crippen LogP contribution in [0.2, 0.25) is 0 Å². The molecule has 1 aliphatic carbocycles. The van der Waals surface area contributed by atoms with E-state index in [0.29, 0.717) is 11.2 Å². The lowest BCUT2D eigenvalue weighted by atomic mass is 9.93. The van der Waals surface area contributed by atoms with Gasteiger partial charge in [-0.2, -0.15) is 23.1 Å². The molecule has 0 radical (unpaired) electrons. The predicted octanol–water partition coefficient (Wildman–Crippen LogP) is 3.46. The summed E-state index contributed by atoms with van der Waals surface area (Å²) in [5.41, 5.74) is 3.79. The smallest absolute Gasteiger partial charge is 0.256 e. The molecule has 0 bridgehead atoms. The highest BCUT2D eigenvalue weighted by Crippen LogP contribution is 2.31. The SMILES string of the molecule is CC.CNc1cc(-c2cn(CCN3CCN(C)CC3)c3ncccc23)nc2c(C(=O)NC3CCC3)cnn12.S. The molecular weight excluding hydrogens is 510 g/mol.